The van der Waals surface area contributed by atoms with Gasteiger partial charge < -0.3 is 4.74 Å². The summed E-state index contributed by atoms with van der Waals surface area (Å²) >= 11 is 6.15. The third-order valence-electron chi connectivity index (χ3n) is 5.89. The van der Waals surface area contributed by atoms with Gasteiger partial charge in [-0.15, -0.1) is 0 Å². The summed E-state index contributed by atoms with van der Waals surface area (Å²) in [4.78, 5) is 27.0. The largest absolute Gasteiger partial charge is 0.489 e. The van der Waals surface area contributed by atoms with Crippen molar-refractivity contribution in [3.63, 3.8) is 0 Å². The van der Waals surface area contributed by atoms with Crippen LogP contribution in [0.1, 0.15) is 24.5 Å². The van der Waals surface area contributed by atoms with E-state index in [1.54, 1.807) is 43.3 Å². The Kier molecular flexibility index (Phi) is 6.60. The van der Waals surface area contributed by atoms with Crippen LogP contribution in [0.3, 0.4) is 0 Å². The summed E-state index contributed by atoms with van der Waals surface area (Å²) in [6.45, 7) is 1.84. The molecule has 4 rings (SSSR count). The van der Waals surface area contributed by atoms with Crippen molar-refractivity contribution in [3.8, 4) is 11.8 Å². The molecule has 0 aromatic heterocycles. The molecule has 0 radical (unpaired) electrons. The highest BCUT2D eigenvalue weighted by molar-refractivity contribution is 7.91. The van der Waals surface area contributed by atoms with Crippen LogP contribution in [0.4, 0.5) is 0 Å². The number of nitriles is 1. The minimum absolute atomic E-state index is 0.0893. The Morgan fingerprint density at radius 2 is 1.85 bits per heavy atom. The summed E-state index contributed by atoms with van der Waals surface area (Å²) in [6.07, 6.45) is 1.76. The Morgan fingerprint density at radius 3 is 2.47 bits per heavy atom. The average molecular weight is 497 g/mol. The molecule has 0 N–H and O–H groups in total. The molecule has 2 aromatic carbocycles. The first-order valence-electron chi connectivity index (χ1n) is 10.6. The Morgan fingerprint density at radius 1 is 1.15 bits per heavy atom. The molecule has 2 aliphatic heterocycles. The number of rotatable bonds is 5. The zero-order chi connectivity index (χ0) is 24.5. The molecule has 2 heterocycles. The second-order valence-electron chi connectivity index (χ2n) is 8.16. The van der Waals surface area contributed by atoms with E-state index in [1.807, 2.05) is 24.3 Å². The Balaban J connectivity index is 1.58. The van der Waals surface area contributed by atoms with E-state index in [2.05, 4.69) is 0 Å². The van der Waals surface area contributed by atoms with Crippen LogP contribution in [0.2, 0.25) is 5.02 Å². The normalized spacial score (nSPS) is 21.1. The molecule has 1 saturated heterocycles. The van der Waals surface area contributed by atoms with E-state index in [0.29, 0.717) is 22.9 Å². The van der Waals surface area contributed by atoms with Crippen molar-refractivity contribution < 1.29 is 22.7 Å². The number of hydrogen-bond acceptors (Lipinski definition) is 6. The van der Waals surface area contributed by atoms with Crippen molar-refractivity contribution in [1.29, 1.82) is 5.26 Å². The van der Waals surface area contributed by atoms with E-state index < -0.39 is 27.7 Å². The molecular formula is C25H21ClN2O5S. The summed E-state index contributed by atoms with van der Waals surface area (Å²) in [6, 6.07) is 15.5. The zero-order valence-corrected chi connectivity index (χ0v) is 19.9. The summed E-state index contributed by atoms with van der Waals surface area (Å²) < 4.78 is 29.6. The van der Waals surface area contributed by atoms with Gasteiger partial charge in [-0.3, -0.25) is 14.5 Å². The third kappa shape index (κ3) is 4.76. The molecule has 0 spiro atoms. The van der Waals surface area contributed by atoms with Gasteiger partial charge in [-0.05, 0) is 48.8 Å². The van der Waals surface area contributed by atoms with Crippen molar-refractivity contribution in [1.82, 2.24) is 4.90 Å². The van der Waals surface area contributed by atoms with Gasteiger partial charge in [-0.1, -0.05) is 41.9 Å². The van der Waals surface area contributed by atoms with Crippen LogP contribution in [0.15, 0.2) is 65.3 Å². The molecule has 34 heavy (non-hydrogen) atoms. The molecule has 2 aliphatic rings. The molecule has 1 unspecified atom stereocenters. The Bertz CT molecular complexity index is 1370. The molecule has 7 nitrogen and oxygen atoms in total. The topological polar surface area (TPSA) is 105 Å². The minimum Gasteiger partial charge on any atom is -0.489 e. The number of benzene rings is 2. The second-order valence-corrected chi connectivity index (χ2v) is 10.8. The summed E-state index contributed by atoms with van der Waals surface area (Å²) in [5.74, 6) is -1.11. The number of imide groups is 1. The molecule has 0 bridgehead atoms. The van der Waals surface area contributed by atoms with Gasteiger partial charge in [0.1, 0.15) is 24.0 Å². The quantitative estimate of drug-likeness (QED) is 0.461. The van der Waals surface area contributed by atoms with Crippen molar-refractivity contribution >= 4 is 39.3 Å². The van der Waals surface area contributed by atoms with E-state index in [4.69, 9.17) is 16.3 Å². The van der Waals surface area contributed by atoms with Crippen LogP contribution in [0.25, 0.3) is 6.08 Å². The van der Waals surface area contributed by atoms with Crippen LogP contribution >= 0.6 is 11.6 Å². The van der Waals surface area contributed by atoms with E-state index >= 15 is 0 Å². The third-order valence-corrected chi connectivity index (χ3v) is 8.01. The number of amides is 2. The van der Waals surface area contributed by atoms with E-state index in [0.717, 1.165) is 10.5 Å². The molecule has 2 amide bonds. The van der Waals surface area contributed by atoms with Crippen molar-refractivity contribution in [3.05, 3.63) is 81.4 Å². The summed E-state index contributed by atoms with van der Waals surface area (Å²) in [7, 11) is -3.33. The maximum atomic E-state index is 13.2. The molecule has 1 fully saturated rings. The molecule has 9 heteroatoms. The fourth-order valence-electron chi connectivity index (χ4n) is 4.01. The van der Waals surface area contributed by atoms with Crippen LogP contribution < -0.4 is 4.74 Å². The zero-order valence-electron chi connectivity index (χ0n) is 18.3. The fourth-order valence-corrected chi connectivity index (χ4v) is 5.90. The number of halogens is 1. The minimum atomic E-state index is -3.33. The molecule has 0 saturated carbocycles. The Hall–Kier alpha value is -3.41. The van der Waals surface area contributed by atoms with Crippen LogP contribution in [0, 0.1) is 11.3 Å². The van der Waals surface area contributed by atoms with Crippen LogP contribution in [-0.4, -0.2) is 42.7 Å². The SMILES string of the molecule is CC1=C(C#N)C(=O)N(C2CCS(=O)(=O)C2)C(=O)C1=Cc1ccc(OCc2ccccc2Cl)cc1. The molecule has 0 aliphatic carbocycles. The predicted octanol–water partition coefficient (Wildman–Crippen LogP) is 3.70. The summed E-state index contributed by atoms with van der Waals surface area (Å²) in [5, 5.41) is 10.2. The smallest absolute Gasteiger partial charge is 0.271 e. The summed E-state index contributed by atoms with van der Waals surface area (Å²) in [5.41, 5.74) is 1.82. The Labute approximate surface area is 202 Å². The lowest BCUT2D eigenvalue weighted by Gasteiger charge is -2.31. The van der Waals surface area contributed by atoms with Gasteiger partial charge in [0.2, 0.25) is 0 Å². The van der Waals surface area contributed by atoms with E-state index in [1.165, 1.54) is 0 Å². The lowest BCUT2D eigenvalue weighted by Crippen LogP contribution is -2.49. The second kappa shape index (κ2) is 9.45. The monoisotopic (exact) mass is 496 g/mol. The van der Waals surface area contributed by atoms with Gasteiger partial charge in [-0.25, -0.2) is 8.42 Å². The average Bonchev–Trinajstić information content (AvgIpc) is 3.16. The van der Waals surface area contributed by atoms with Gasteiger partial charge in [0.25, 0.3) is 11.8 Å². The van der Waals surface area contributed by atoms with Gasteiger partial charge >= 0.3 is 0 Å². The van der Waals surface area contributed by atoms with E-state index in [9.17, 15) is 23.3 Å². The molecule has 2 aromatic rings. The number of sulfone groups is 1. The van der Waals surface area contributed by atoms with Gasteiger partial charge in [0, 0.05) is 16.2 Å². The maximum Gasteiger partial charge on any atom is 0.271 e. The first-order valence-corrected chi connectivity index (χ1v) is 12.8. The molecular weight excluding hydrogens is 476 g/mol. The van der Waals surface area contributed by atoms with Gasteiger partial charge in [-0.2, -0.15) is 5.26 Å². The van der Waals surface area contributed by atoms with Crippen LogP contribution in [0.5, 0.6) is 5.75 Å². The first-order chi connectivity index (χ1) is 16.2. The first kappa shape index (κ1) is 23.7. The number of ether oxygens (including phenoxy) is 1. The van der Waals surface area contributed by atoms with E-state index in [-0.39, 0.29) is 34.6 Å². The predicted molar refractivity (Wildman–Crippen MR) is 127 cm³/mol. The van der Waals surface area contributed by atoms with Crippen molar-refractivity contribution in [2.24, 2.45) is 0 Å². The van der Waals surface area contributed by atoms with Crippen molar-refractivity contribution in [2.75, 3.05) is 11.5 Å². The highest BCUT2D eigenvalue weighted by atomic mass is 35.5. The number of nitrogens with zero attached hydrogens (tertiary/aromatic N) is 2. The number of carbonyl (C=O) groups excluding carboxylic acids is 2. The van der Waals surface area contributed by atoms with Gasteiger partial charge in [0.05, 0.1) is 17.5 Å². The van der Waals surface area contributed by atoms with Crippen LogP contribution in [-0.2, 0) is 26.0 Å². The number of carbonyl (C=O) groups is 2. The highest BCUT2D eigenvalue weighted by Crippen LogP contribution is 2.31. The molecule has 174 valence electrons. The lowest BCUT2D eigenvalue weighted by atomic mass is 9.92. The lowest BCUT2D eigenvalue weighted by molar-refractivity contribution is -0.142. The maximum absolute atomic E-state index is 13.2. The van der Waals surface area contributed by atoms with Gasteiger partial charge in [0.15, 0.2) is 9.84 Å². The van der Waals surface area contributed by atoms with Crippen molar-refractivity contribution in [2.45, 2.75) is 26.0 Å². The number of hydrogen-bond donors (Lipinski definition) is 0. The molecule has 1 atom stereocenters. The standard InChI is InChI=1S/C25H21ClN2O5S/c1-16-21(24(29)28(25(30)22(16)13-27)19-10-11-34(31,32)15-19)12-17-6-8-20(9-7-17)33-14-18-4-2-3-5-23(18)26/h2-9,12,19H,10-11,14-15H2,1H3. The fraction of sp³-hybridized carbons (Fsp3) is 0.240. The highest BCUT2D eigenvalue weighted by Gasteiger charge is 2.43.